The molecule has 2 atom stereocenters. The Morgan fingerprint density at radius 2 is 1.94 bits per heavy atom. The van der Waals surface area contributed by atoms with E-state index in [0.717, 1.165) is 12.8 Å². The van der Waals surface area contributed by atoms with Crippen LogP contribution in [0.4, 0.5) is 4.79 Å². The van der Waals surface area contributed by atoms with E-state index in [1.54, 1.807) is 17.2 Å². The fourth-order valence-corrected chi connectivity index (χ4v) is 3.84. The number of carbonyl (C=O) groups is 3. The standard InChI is InChI=1S/C21H32N6O6S/c1-13(2)9-14(18(28)25-15(10-34-3)20(30)31)26-21(32)33-8-6-4-5-7-27-12-24-16-17(27)22-11-23-19(16)29/h11-15H,4-10H2,1-3H3,(H,25,28)(H,26,32)(H,30,31)(H,22,23,29). The number of aromatic nitrogens is 4. The number of fused-ring (bicyclic) bond motifs is 1. The maximum absolute atomic E-state index is 12.6. The summed E-state index contributed by atoms with van der Waals surface area (Å²) in [6, 6.07) is -1.92. The van der Waals surface area contributed by atoms with Crippen molar-refractivity contribution in [2.75, 3.05) is 18.6 Å². The molecule has 12 nitrogen and oxygen atoms in total. The number of hydrogen-bond donors (Lipinski definition) is 4. The third-order valence-electron chi connectivity index (χ3n) is 4.95. The molecule has 0 fully saturated rings. The van der Waals surface area contributed by atoms with E-state index in [1.165, 1.54) is 18.1 Å². The molecule has 2 rings (SSSR count). The summed E-state index contributed by atoms with van der Waals surface area (Å²) in [7, 11) is 0. The lowest BCUT2D eigenvalue weighted by molar-refractivity contribution is -0.141. The van der Waals surface area contributed by atoms with Gasteiger partial charge in [0.25, 0.3) is 5.56 Å². The van der Waals surface area contributed by atoms with Crippen molar-refractivity contribution in [2.24, 2.45) is 5.92 Å². The summed E-state index contributed by atoms with van der Waals surface area (Å²) in [5.41, 5.74) is 0.539. The zero-order valence-corrected chi connectivity index (χ0v) is 20.4. The van der Waals surface area contributed by atoms with E-state index in [1.807, 2.05) is 13.8 Å². The molecular formula is C21H32N6O6S. The van der Waals surface area contributed by atoms with Crippen LogP contribution in [0.15, 0.2) is 17.4 Å². The van der Waals surface area contributed by atoms with Crippen molar-refractivity contribution in [3.63, 3.8) is 0 Å². The van der Waals surface area contributed by atoms with E-state index >= 15 is 0 Å². The van der Waals surface area contributed by atoms with Gasteiger partial charge in [0.2, 0.25) is 5.91 Å². The second-order valence-electron chi connectivity index (χ2n) is 8.22. The van der Waals surface area contributed by atoms with Crippen LogP contribution in [-0.2, 0) is 20.9 Å². The summed E-state index contributed by atoms with van der Waals surface area (Å²) in [6.45, 7) is 4.60. The van der Waals surface area contributed by atoms with Gasteiger partial charge in [-0.15, -0.1) is 0 Å². The number of carboxylic acid groups (broad SMARTS) is 1. The van der Waals surface area contributed by atoms with Crippen molar-refractivity contribution in [1.29, 1.82) is 0 Å². The van der Waals surface area contributed by atoms with Crippen LogP contribution in [0.2, 0.25) is 0 Å². The first-order valence-electron chi connectivity index (χ1n) is 11.1. The molecule has 2 unspecified atom stereocenters. The van der Waals surface area contributed by atoms with Crippen molar-refractivity contribution in [3.8, 4) is 0 Å². The number of aliphatic carboxylic acids is 1. The molecule has 0 saturated carbocycles. The number of aromatic amines is 1. The summed E-state index contributed by atoms with van der Waals surface area (Å²) in [4.78, 5) is 58.4. The largest absolute Gasteiger partial charge is 0.480 e. The van der Waals surface area contributed by atoms with Crippen LogP contribution in [0.25, 0.3) is 11.2 Å². The Hall–Kier alpha value is -3.09. The fraction of sp³-hybridized carbons (Fsp3) is 0.619. The topological polar surface area (TPSA) is 168 Å². The number of ether oxygens (including phenoxy) is 1. The van der Waals surface area contributed by atoms with E-state index in [-0.39, 0.29) is 23.8 Å². The number of amides is 2. The van der Waals surface area contributed by atoms with Crippen molar-refractivity contribution < 1.29 is 24.2 Å². The van der Waals surface area contributed by atoms with Crippen LogP contribution in [-0.4, -0.2) is 73.3 Å². The van der Waals surface area contributed by atoms with E-state index in [0.29, 0.717) is 30.6 Å². The highest BCUT2D eigenvalue weighted by atomic mass is 32.2. The molecule has 188 valence electrons. The number of thioether (sulfide) groups is 1. The predicted octanol–water partition coefficient (Wildman–Crippen LogP) is 1.36. The quantitative estimate of drug-likeness (QED) is 0.282. The van der Waals surface area contributed by atoms with Crippen LogP contribution in [0.3, 0.4) is 0 Å². The number of alkyl carbamates (subject to hydrolysis) is 1. The zero-order valence-electron chi connectivity index (χ0n) is 19.6. The fourth-order valence-electron chi connectivity index (χ4n) is 3.28. The average Bonchev–Trinajstić information content (AvgIpc) is 3.19. The molecule has 0 aliphatic rings. The van der Waals surface area contributed by atoms with Crippen LogP contribution in [0, 0.1) is 5.92 Å². The number of hydrogen-bond acceptors (Lipinski definition) is 8. The number of rotatable bonds is 14. The second-order valence-corrected chi connectivity index (χ2v) is 9.13. The molecule has 0 radical (unpaired) electrons. The molecule has 0 spiro atoms. The highest BCUT2D eigenvalue weighted by Gasteiger charge is 2.27. The Morgan fingerprint density at radius 1 is 1.18 bits per heavy atom. The highest BCUT2D eigenvalue weighted by molar-refractivity contribution is 7.98. The van der Waals surface area contributed by atoms with Gasteiger partial charge in [0.05, 0.1) is 19.3 Å². The Bertz CT molecular complexity index is 1020. The molecule has 0 bridgehead atoms. The zero-order chi connectivity index (χ0) is 25.1. The highest BCUT2D eigenvalue weighted by Crippen LogP contribution is 2.09. The normalized spacial score (nSPS) is 12.9. The van der Waals surface area contributed by atoms with Crippen LogP contribution in [0.1, 0.15) is 39.5 Å². The Balaban J connectivity index is 1.75. The van der Waals surface area contributed by atoms with Gasteiger partial charge in [-0.25, -0.2) is 19.6 Å². The molecule has 2 amide bonds. The van der Waals surface area contributed by atoms with E-state index in [2.05, 4.69) is 25.6 Å². The van der Waals surface area contributed by atoms with Crippen molar-refractivity contribution in [1.82, 2.24) is 30.2 Å². The minimum Gasteiger partial charge on any atom is -0.480 e. The van der Waals surface area contributed by atoms with Crippen molar-refractivity contribution >= 4 is 40.9 Å². The van der Waals surface area contributed by atoms with Gasteiger partial charge in [-0.05, 0) is 37.9 Å². The van der Waals surface area contributed by atoms with E-state index < -0.39 is 30.1 Å². The van der Waals surface area contributed by atoms with Gasteiger partial charge >= 0.3 is 12.1 Å². The van der Waals surface area contributed by atoms with Gasteiger partial charge in [0.1, 0.15) is 12.1 Å². The minimum absolute atomic E-state index is 0.101. The van der Waals surface area contributed by atoms with E-state index in [4.69, 9.17) is 4.74 Å². The predicted molar refractivity (Wildman–Crippen MR) is 128 cm³/mol. The number of nitrogens with one attached hydrogen (secondary N) is 3. The number of carboxylic acids is 1. The van der Waals surface area contributed by atoms with E-state index in [9.17, 15) is 24.3 Å². The molecule has 2 aromatic heterocycles. The maximum Gasteiger partial charge on any atom is 0.407 e. The first-order valence-corrected chi connectivity index (χ1v) is 12.5. The third-order valence-corrected chi connectivity index (χ3v) is 5.61. The molecule has 0 saturated heterocycles. The smallest absolute Gasteiger partial charge is 0.407 e. The Morgan fingerprint density at radius 3 is 2.62 bits per heavy atom. The number of carbonyl (C=O) groups excluding carboxylic acids is 2. The van der Waals surface area contributed by atoms with Crippen LogP contribution in [0.5, 0.6) is 0 Å². The van der Waals surface area contributed by atoms with Crippen LogP contribution < -0.4 is 16.2 Å². The first-order chi connectivity index (χ1) is 16.2. The van der Waals surface area contributed by atoms with Gasteiger partial charge in [0, 0.05) is 12.3 Å². The lowest BCUT2D eigenvalue weighted by Gasteiger charge is -2.22. The second kappa shape index (κ2) is 13.6. The van der Waals surface area contributed by atoms with Gasteiger partial charge < -0.3 is 30.0 Å². The summed E-state index contributed by atoms with van der Waals surface area (Å²) in [6.07, 6.45) is 6.44. The molecule has 34 heavy (non-hydrogen) atoms. The molecule has 2 aromatic rings. The summed E-state index contributed by atoms with van der Waals surface area (Å²) < 4.78 is 7.00. The number of imidazole rings is 1. The summed E-state index contributed by atoms with van der Waals surface area (Å²) in [5.74, 6) is -1.35. The molecule has 0 aliphatic carbocycles. The number of unbranched alkanes of at least 4 members (excludes halogenated alkanes) is 2. The SMILES string of the molecule is CSCC(NC(=O)C(CC(C)C)NC(=O)OCCCCCn1cnc2c(=O)[nH]cnc21)C(=O)O. The summed E-state index contributed by atoms with van der Waals surface area (Å²) >= 11 is 1.31. The molecular weight excluding hydrogens is 464 g/mol. The van der Waals surface area contributed by atoms with Gasteiger partial charge in [-0.3, -0.25) is 9.59 Å². The molecule has 2 heterocycles. The molecule has 4 N–H and O–H groups in total. The minimum atomic E-state index is -1.13. The molecule has 13 heteroatoms. The molecule has 0 aliphatic heterocycles. The average molecular weight is 497 g/mol. The maximum atomic E-state index is 12.6. The third kappa shape index (κ3) is 8.36. The van der Waals surface area contributed by atoms with Crippen LogP contribution >= 0.6 is 11.8 Å². The monoisotopic (exact) mass is 496 g/mol. The van der Waals surface area contributed by atoms with Crippen molar-refractivity contribution in [3.05, 3.63) is 23.0 Å². The number of H-pyrrole nitrogens is 1. The van der Waals surface area contributed by atoms with Gasteiger partial charge in [0.15, 0.2) is 11.2 Å². The Labute approximate surface area is 201 Å². The Kier molecular flexibility index (Phi) is 10.8. The van der Waals surface area contributed by atoms with Gasteiger partial charge in [-0.2, -0.15) is 11.8 Å². The van der Waals surface area contributed by atoms with Gasteiger partial charge in [-0.1, -0.05) is 13.8 Å². The van der Waals surface area contributed by atoms with Crippen molar-refractivity contribution in [2.45, 2.75) is 58.2 Å². The lowest BCUT2D eigenvalue weighted by atomic mass is 10.0. The number of nitrogens with zero attached hydrogens (tertiary/aromatic N) is 3. The first kappa shape index (κ1) is 27.2. The molecule has 0 aromatic carbocycles. The summed E-state index contributed by atoms with van der Waals surface area (Å²) in [5, 5.41) is 14.3. The lowest BCUT2D eigenvalue weighted by Crippen LogP contribution is -2.52. The number of aryl methyl sites for hydroxylation is 1.